The predicted octanol–water partition coefficient (Wildman–Crippen LogP) is 3.19. The standard InChI is InChI=1S/C5H6Br2/c6-4-2-1-3-5-7/h2-5H,1H2. The largest absolute Gasteiger partial charge is 0.0738 e. The van der Waals surface area contributed by atoms with Crippen molar-refractivity contribution in [1.29, 1.82) is 0 Å². The Morgan fingerprint density at radius 2 is 1.43 bits per heavy atom. The summed E-state index contributed by atoms with van der Waals surface area (Å²) < 4.78 is 0. The van der Waals surface area contributed by atoms with E-state index in [1.165, 1.54) is 0 Å². The van der Waals surface area contributed by atoms with Gasteiger partial charge in [-0.25, -0.2) is 0 Å². The van der Waals surface area contributed by atoms with Crippen LogP contribution >= 0.6 is 31.9 Å². The summed E-state index contributed by atoms with van der Waals surface area (Å²) in [6, 6.07) is 0. The Morgan fingerprint density at radius 1 is 1.00 bits per heavy atom. The van der Waals surface area contributed by atoms with E-state index in [0.717, 1.165) is 6.42 Å². The number of allylic oxidation sites excluding steroid dienone is 2. The van der Waals surface area contributed by atoms with Gasteiger partial charge in [-0.1, -0.05) is 44.0 Å². The van der Waals surface area contributed by atoms with E-state index in [1.54, 1.807) is 0 Å². The summed E-state index contributed by atoms with van der Waals surface area (Å²) in [7, 11) is 0. The molecule has 0 fully saturated rings. The van der Waals surface area contributed by atoms with Crippen LogP contribution in [0.15, 0.2) is 22.1 Å². The monoisotopic (exact) mass is 224 g/mol. The Bertz CT molecular complexity index is 64.1. The molecule has 0 nitrogen and oxygen atoms in total. The van der Waals surface area contributed by atoms with Gasteiger partial charge in [0, 0.05) is 0 Å². The van der Waals surface area contributed by atoms with E-state index in [2.05, 4.69) is 31.9 Å². The van der Waals surface area contributed by atoms with E-state index >= 15 is 0 Å². The van der Waals surface area contributed by atoms with Crippen LogP contribution in [0.4, 0.5) is 0 Å². The molecule has 0 radical (unpaired) electrons. The van der Waals surface area contributed by atoms with E-state index in [0.29, 0.717) is 0 Å². The van der Waals surface area contributed by atoms with Crippen LogP contribution in [0, 0.1) is 0 Å². The number of hydrogen-bond acceptors (Lipinski definition) is 0. The average Bonchev–Trinajstić information content (AvgIpc) is 1.69. The minimum absolute atomic E-state index is 0.983. The van der Waals surface area contributed by atoms with Crippen LogP contribution in [-0.2, 0) is 0 Å². The SMILES string of the molecule is BrC=CCC=CBr. The summed E-state index contributed by atoms with van der Waals surface area (Å²) in [6.07, 6.45) is 5.01. The van der Waals surface area contributed by atoms with Crippen LogP contribution in [0.5, 0.6) is 0 Å². The number of rotatable bonds is 2. The summed E-state index contributed by atoms with van der Waals surface area (Å²) in [6.45, 7) is 0. The van der Waals surface area contributed by atoms with E-state index in [-0.39, 0.29) is 0 Å². The molecule has 0 saturated heterocycles. The normalized spacial score (nSPS) is 11.7. The Labute approximate surface area is 60.6 Å². The van der Waals surface area contributed by atoms with Crippen molar-refractivity contribution >= 4 is 31.9 Å². The first kappa shape index (κ1) is 7.44. The van der Waals surface area contributed by atoms with Gasteiger partial charge in [0.2, 0.25) is 0 Å². The van der Waals surface area contributed by atoms with Crippen LogP contribution in [-0.4, -0.2) is 0 Å². The van der Waals surface area contributed by atoms with Gasteiger partial charge < -0.3 is 0 Å². The Hall–Kier alpha value is 0.440. The fraction of sp³-hybridized carbons (Fsp3) is 0.200. The molecule has 0 aliphatic rings. The second kappa shape index (κ2) is 6.44. The van der Waals surface area contributed by atoms with E-state index in [4.69, 9.17) is 0 Å². The minimum Gasteiger partial charge on any atom is -0.0738 e. The van der Waals surface area contributed by atoms with Crippen LogP contribution in [0.1, 0.15) is 6.42 Å². The third-order valence-electron chi connectivity index (χ3n) is 0.450. The molecular weight excluding hydrogens is 220 g/mol. The molecule has 0 bridgehead atoms. The third-order valence-corrected chi connectivity index (χ3v) is 1.20. The van der Waals surface area contributed by atoms with Crippen molar-refractivity contribution < 1.29 is 0 Å². The molecule has 40 valence electrons. The molecule has 0 aliphatic carbocycles. The molecule has 0 amide bonds. The fourth-order valence-corrected chi connectivity index (χ4v) is 0.613. The molecule has 0 atom stereocenters. The molecule has 0 aliphatic heterocycles. The van der Waals surface area contributed by atoms with Crippen LogP contribution in [0.2, 0.25) is 0 Å². The fourth-order valence-electron chi connectivity index (χ4n) is 0.181. The Kier molecular flexibility index (Phi) is 6.84. The predicted molar refractivity (Wildman–Crippen MR) is 40.8 cm³/mol. The molecule has 0 spiro atoms. The minimum atomic E-state index is 0.983. The van der Waals surface area contributed by atoms with Crippen molar-refractivity contribution in [3.05, 3.63) is 22.1 Å². The number of hydrogen-bond donors (Lipinski definition) is 0. The van der Waals surface area contributed by atoms with E-state index < -0.39 is 0 Å². The molecule has 0 unspecified atom stereocenters. The summed E-state index contributed by atoms with van der Waals surface area (Å²) in [4.78, 5) is 3.69. The molecule has 0 N–H and O–H groups in total. The molecule has 0 saturated carbocycles. The Balaban J connectivity index is 2.98. The van der Waals surface area contributed by atoms with Gasteiger partial charge in [0.05, 0.1) is 0 Å². The molecule has 0 aromatic heterocycles. The summed E-state index contributed by atoms with van der Waals surface area (Å²) >= 11 is 6.30. The van der Waals surface area contributed by atoms with E-state index in [1.807, 2.05) is 22.1 Å². The second-order valence-corrected chi connectivity index (χ2v) is 2.02. The molecule has 7 heavy (non-hydrogen) atoms. The molecule has 0 rings (SSSR count). The van der Waals surface area contributed by atoms with Crippen LogP contribution in [0.3, 0.4) is 0 Å². The van der Waals surface area contributed by atoms with Gasteiger partial charge in [-0.05, 0) is 16.4 Å². The molecule has 0 aromatic carbocycles. The maximum Gasteiger partial charge on any atom is -0.0153 e. The van der Waals surface area contributed by atoms with Crippen molar-refractivity contribution in [3.63, 3.8) is 0 Å². The van der Waals surface area contributed by atoms with Gasteiger partial charge in [0.1, 0.15) is 0 Å². The first-order valence-electron chi connectivity index (χ1n) is 1.92. The van der Waals surface area contributed by atoms with Gasteiger partial charge >= 0.3 is 0 Å². The second-order valence-electron chi connectivity index (χ2n) is 0.959. The summed E-state index contributed by atoms with van der Waals surface area (Å²) in [5, 5.41) is 0. The quantitative estimate of drug-likeness (QED) is 0.678. The maximum atomic E-state index is 3.15. The van der Waals surface area contributed by atoms with Gasteiger partial charge in [-0.3, -0.25) is 0 Å². The smallest absolute Gasteiger partial charge is 0.0153 e. The van der Waals surface area contributed by atoms with Crippen LogP contribution < -0.4 is 0 Å². The van der Waals surface area contributed by atoms with Gasteiger partial charge in [0.15, 0.2) is 0 Å². The highest BCUT2D eigenvalue weighted by Crippen LogP contribution is 1.91. The first-order chi connectivity index (χ1) is 3.41. The van der Waals surface area contributed by atoms with Gasteiger partial charge in [-0.2, -0.15) is 0 Å². The highest BCUT2D eigenvalue weighted by atomic mass is 79.9. The first-order valence-corrected chi connectivity index (χ1v) is 3.75. The van der Waals surface area contributed by atoms with Crippen molar-refractivity contribution in [1.82, 2.24) is 0 Å². The Morgan fingerprint density at radius 3 is 1.71 bits per heavy atom. The van der Waals surface area contributed by atoms with E-state index in [9.17, 15) is 0 Å². The lowest BCUT2D eigenvalue weighted by Gasteiger charge is -1.71. The van der Waals surface area contributed by atoms with Crippen molar-refractivity contribution in [2.45, 2.75) is 6.42 Å². The maximum absolute atomic E-state index is 3.15. The molecule has 0 heterocycles. The topological polar surface area (TPSA) is 0 Å². The van der Waals surface area contributed by atoms with Crippen LogP contribution in [0.25, 0.3) is 0 Å². The lowest BCUT2D eigenvalue weighted by molar-refractivity contribution is 1.42. The third kappa shape index (κ3) is 6.44. The molecule has 2 heteroatoms. The zero-order valence-corrected chi connectivity index (χ0v) is 6.94. The highest BCUT2D eigenvalue weighted by molar-refractivity contribution is 9.11. The summed E-state index contributed by atoms with van der Waals surface area (Å²) in [5.41, 5.74) is 0. The molecule has 0 aromatic rings. The zero-order chi connectivity index (χ0) is 5.54. The average molecular weight is 226 g/mol. The van der Waals surface area contributed by atoms with Gasteiger partial charge in [-0.15, -0.1) is 0 Å². The van der Waals surface area contributed by atoms with Crippen molar-refractivity contribution in [2.24, 2.45) is 0 Å². The van der Waals surface area contributed by atoms with Gasteiger partial charge in [0.25, 0.3) is 0 Å². The van der Waals surface area contributed by atoms with Crippen molar-refractivity contribution in [2.75, 3.05) is 0 Å². The zero-order valence-electron chi connectivity index (χ0n) is 3.77. The highest BCUT2D eigenvalue weighted by Gasteiger charge is 1.63. The summed E-state index contributed by atoms with van der Waals surface area (Å²) in [5.74, 6) is 0. The molecular formula is C5H6Br2. The number of halogens is 2. The lowest BCUT2D eigenvalue weighted by Crippen LogP contribution is -1.48. The van der Waals surface area contributed by atoms with Crippen molar-refractivity contribution in [3.8, 4) is 0 Å². The lowest BCUT2D eigenvalue weighted by atomic mass is 10.4.